The van der Waals surface area contributed by atoms with Crippen molar-refractivity contribution in [2.45, 2.75) is 113 Å². The van der Waals surface area contributed by atoms with Crippen molar-refractivity contribution in [3.8, 4) is 23.0 Å². The topological polar surface area (TPSA) is 71.1 Å². The summed E-state index contributed by atoms with van der Waals surface area (Å²) in [6, 6.07) is 11.0. The number of benzene rings is 2. The number of carbonyl (C=O) groups excluding carboxylic acids is 2. The summed E-state index contributed by atoms with van der Waals surface area (Å²) in [7, 11) is 3.18. The maximum atomic E-state index is 12.6. The molecule has 0 unspecified atom stereocenters. The zero-order valence-electron chi connectivity index (χ0n) is 36.5. The van der Waals surface area contributed by atoms with Crippen LogP contribution in [0.25, 0.3) is 12.2 Å². The van der Waals surface area contributed by atoms with Crippen LogP contribution in [-0.2, 0) is 9.59 Å². The molecule has 6 nitrogen and oxygen atoms in total. The number of rotatable bonds is 26. The van der Waals surface area contributed by atoms with Crippen LogP contribution in [0.15, 0.2) is 118 Å². The van der Waals surface area contributed by atoms with E-state index < -0.39 is 0 Å². The van der Waals surface area contributed by atoms with Gasteiger partial charge >= 0.3 is 0 Å². The molecule has 2 aromatic rings. The summed E-state index contributed by atoms with van der Waals surface area (Å²) in [6.45, 7) is 18.1. The van der Waals surface area contributed by atoms with Crippen LogP contribution in [0, 0.1) is 0 Å². The lowest BCUT2D eigenvalue weighted by atomic mass is 10.1. The molecule has 0 aromatic heterocycles. The van der Waals surface area contributed by atoms with Gasteiger partial charge in [0.2, 0.25) is 0 Å². The maximum Gasteiger partial charge on any atom is 0.163 e. The van der Waals surface area contributed by atoms with Gasteiger partial charge in [-0.1, -0.05) is 82.0 Å². The van der Waals surface area contributed by atoms with E-state index in [1.807, 2.05) is 36.4 Å². The van der Waals surface area contributed by atoms with E-state index in [4.69, 9.17) is 18.9 Å². The van der Waals surface area contributed by atoms with Gasteiger partial charge in [-0.3, -0.25) is 9.59 Å². The number of hydrogen-bond acceptors (Lipinski definition) is 6. The summed E-state index contributed by atoms with van der Waals surface area (Å²) in [6.07, 6.45) is 27.8. The molecule has 0 aliphatic carbocycles. The number of methoxy groups -OCH3 is 2. The van der Waals surface area contributed by atoms with E-state index >= 15 is 0 Å². The van der Waals surface area contributed by atoms with Crippen molar-refractivity contribution in [3.05, 3.63) is 130 Å². The van der Waals surface area contributed by atoms with E-state index in [1.165, 1.54) is 45.6 Å². The van der Waals surface area contributed by atoms with Crippen LogP contribution < -0.4 is 18.9 Å². The molecule has 2 aromatic carbocycles. The fourth-order valence-corrected chi connectivity index (χ4v) is 5.71. The fraction of sp³-hybridized carbons (Fsp3) is 0.412. The maximum absolute atomic E-state index is 12.6. The highest BCUT2D eigenvalue weighted by Crippen LogP contribution is 2.30. The third kappa shape index (κ3) is 21.7. The molecule has 0 heterocycles. The van der Waals surface area contributed by atoms with Gasteiger partial charge < -0.3 is 18.9 Å². The van der Waals surface area contributed by atoms with E-state index in [-0.39, 0.29) is 18.0 Å². The van der Waals surface area contributed by atoms with Crippen molar-refractivity contribution >= 4 is 23.7 Å². The van der Waals surface area contributed by atoms with Gasteiger partial charge in [-0.15, -0.1) is 0 Å². The minimum atomic E-state index is -0.294. The first-order valence-electron chi connectivity index (χ1n) is 20.2. The molecule has 6 heteroatoms. The first kappa shape index (κ1) is 48.0. The van der Waals surface area contributed by atoms with Crippen molar-refractivity contribution in [2.24, 2.45) is 0 Å². The summed E-state index contributed by atoms with van der Waals surface area (Å²) in [5, 5.41) is 0. The third-order valence-electron chi connectivity index (χ3n) is 9.23. The lowest BCUT2D eigenvalue weighted by molar-refractivity contribution is -0.121. The van der Waals surface area contributed by atoms with Crippen molar-refractivity contribution < 1.29 is 28.5 Å². The highest BCUT2D eigenvalue weighted by molar-refractivity contribution is 6.10. The second kappa shape index (κ2) is 27.5. The molecule has 0 saturated heterocycles. The van der Waals surface area contributed by atoms with Crippen molar-refractivity contribution in [1.29, 1.82) is 0 Å². The molecule has 0 saturated carbocycles. The smallest absolute Gasteiger partial charge is 0.163 e. The molecule has 0 aliphatic rings. The number of hydrogen-bond donors (Lipinski definition) is 0. The standard InChI is InChI=1S/C51H68O6/c1-38(2)15-11-17-40(5)19-13-21-42(7)31-33-56-48-29-25-44(35-50(48)54-9)23-27-46(52)37-47(53)28-24-45-26-30-49(51(36-45)55-10)57-34-32-43(8)22-14-20-41(6)18-12-16-39(3)4/h15-16,19-20,23-32,35-36H,11-14,17-18,21-22,33-34,37H2,1-10H3. The highest BCUT2D eigenvalue weighted by atomic mass is 16.5. The van der Waals surface area contributed by atoms with E-state index in [2.05, 4.69) is 91.8 Å². The summed E-state index contributed by atoms with van der Waals surface area (Å²) < 4.78 is 23.1. The quantitative estimate of drug-likeness (QED) is 0.0538. The van der Waals surface area contributed by atoms with E-state index in [9.17, 15) is 9.59 Å². The van der Waals surface area contributed by atoms with Crippen LogP contribution in [0.2, 0.25) is 0 Å². The predicted molar refractivity (Wildman–Crippen MR) is 241 cm³/mol. The molecule has 0 fully saturated rings. The van der Waals surface area contributed by atoms with Gasteiger partial charge in [0.05, 0.1) is 20.6 Å². The molecular weight excluding hydrogens is 709 g/mol. The van der Waals surface area contributed by atoms with Gasteiger partial charge in [-0.2, -0.15) is 0 Å². The van der Waals surface area contributed by atoms with E-state index in [0.717, 1.165) is 62.5 Å². The zero-order valence-corrected chi connectivity index (χ0v) is 36.5. The van der Waals surface area contributed by atoms with Gasteiger partial charge in [0, 0.05) is 0 Å². The minimum absolute atomic E-state index is 0.239. The Morgan fingerprint density at radius 1 is 0.474 bits per heavy atom. The molecule has 57 heavy (non-hydrogen) atoms. The number of allylic oxidation sites excluding steroid dienone is 12. The average molecular weight is 777 g/mol. The Morgan fingerprint density at radius 3 is 1.18 bits per heavy atom. The van der Waals surface area contributed by atoms with Crippen LogP contribution in [0.1, 0.15) is 124 Å². The minimum Gasteiger partial charge on any atom is -0.493 e. The van der Waals surface area contributed by atoms with Gasteiger partial charge in [-0.25, -0.2) is 0 Å². The molecular formula is C51H68O6. The van der Waals surface area contributed by atoms with Gasteiger partial charge in [0.25, 0.3) is 0 Å². The van der Waals surface area contributed by atoms with Crippen molar-refractivity contribution in [3.63, 3.8) is 0 Å². The third-order valence-corrected chi connectivity index (χ3v) is 9.23. The van der Waals surface area contributed by atoms with Crippen LogP contribution >= 0.6 is 0 Å². The molecule has 0 N–H and O–H groups in total. The first-order valence-corrected chi connectivity index (χ1v) is 20.2. The number of ether oxygens (including phenoxy) is 4. The molecule has 0 spiro atoms. The SMILES string of the molecule is COc1cc(C=CC(=O)CC(=O)C=Cc2ccc(OCC=C(C)CCC=C(C)CCC=C(C)C)c(OC)c2)ccc1OCC=C(C)CCC=C(C)CCC=C(C)C. The fourth-order valence-electron chi connectivity index (χ4n) is 5.71. The Bertz CT molecular complexity index is 1700. The normalized spacial score (nSPS) is 12.5. The second-order valence-corrected chi connectivity index (χ2v) is 15.1. The number of carbonyl (C=O) groups is 2. The molecule has 0 radical (unpaired) electrons. The first-order chi connectivity index (χ1) is 27.3. The Morgan fingerprint density at radius 2 is 0.825 bits per heavy atom. The average Bonchev–Trinajstić information content (AvgIpc) is 3.16. The summed E-state index contributed by atoms with van der Waals surface area (Å²) >= 11 is 0. The number of ketones is 2. The lowest BCUT2D eigenvalue weighted by Gasteiger charge is -2.10. The Hall–Kier alpha value is -5.10. The lowest BCUT2D eigenvalue weighted by Crippen LogP contribution is -2.02. The summed E-state index contributed by atoms with van der Waals surface area (Å²) in [4.78, 5) is 25.3. The van der Waals surface area contributed by atoms with Crippen LogP contribution in [0.3, 0.4) is 0 Å². The summed E-state index contributed by atoms with van der Waals surface area (Å²) in [5.41, 5.74) is 9.67. The Labute approximate surface area is 344 Å². The largest absolute Gasteiger partial charge is 0.493 e. The molecule has 308 valence electrons. The molecule has 0 amide bonds. The second-order valence-electron chi connectivity index (χ2n) is 15.1. The van der Waals surface area contributed by atoms with Crippen molar-refractivity contribution in [1.82, 2.24) is 0 Å². The van der Waals surface area contributed by atoms with Crippen LogP contribution in [0.5, 0.6) is 23.0 Å². The van der Waals surface area contributed by atoms with Gasteiger partial charge in [-0.05, 0) is 166 Å². The van der Waals surface area contributed by atoms with E-state index in [0.29, 0.717) is 36.2 Å². The van der Waals surface area contributed by atoms with Crippen LogP contribution in [-0.4, -0.2) is 39.0 Å². The molecule has 0 atom stereocenters. The monoisotopic (exact) mass is 777 g/mol. The van der Waals surface area contributed by atoms with Gasteiger partial charge in [0.1, 0.15) is 13.2 Å². The highest BCUT2D eigenvalue weighted by Gasteiger charge is 2.08. The van der Waals surface area contributed by atoms with Crippen LogP contribution in [0.4, 0.5) is 0 Å². The summed E-state index contributed by atoms with van der Waals surface area (Å²) in [5.74, 6) is 1.81. The Kier molecular flexibility index (Phi) is 23.2. The van der Waals surface area contributed by atoms with Gasteiger partial charge in [0.15, 0.2) is 34.6 Å². The predicted octanol–water partition coefficient (Wildman–Crippen LogP) is 13.6. The van der Waals surface area contributed by atoms with E-state index in [1.54, 1.807) is 26.4 Å². The molecule has 0 aliphatic heterocycles. The zero-order chi connectivity index (χ0) is 42.0. The Balaban J connectivity index is 1.84. The van der Waals surface area contributed by atoms with Crippen molar-refractivity contribution in [2.75, 3.05) is 27.4 Å². The molecule has 0 bridgehead atoms. The molecule has 2 rings (SSSR count).